The highest BCUT2D eigenvalue weighted by molar-refractivity contribution is 9.10. The van der Waals surface area contributed by atoms with Crippen molar-refractivity contribution in [2.24, 2.45) is 0 Å². The second-order valence-electron chi connectivity index (χ2n) is 5.07. The van der Waals surface area contributed by atoms with Crippen LogP contribution in [0.3, 0.4) is 0 Å². The van der Waals surface area contributed by atoms with Crippen LogP contribution in [0.1, 0.15) is 5.56 Å². The van der Waals surface area contributed by atoms with Gasteiger partial charge in [0, 0.05) is 40.3 Å². The molecule has 0 N–H and O–H groups in total. The fraction of sp³-hybridized carbons (Fsp3) is 0.118. The third-order valence-electron chi connectivity index (χ3n) is 3.63. The summed E-state index contributed by atoms with van der Waals surface area (Å²) in [4.78, 5) is 14.5. The fourth-order valence-corrected chi connectivity index (χ4v) is 3.14. The average Bonchev–Trinajstić information content (AvgIpc) is 2.97. The quantitative estimate of drug-likeness (QED) is 0.359. The maximum absolute atomic E-state index is 10.7. The molecule has 6 heteroatoms. The number of anilines is 1. The number of halogens is 1. The van der Waals surface area contributed by atoms with Crippen LogP contribution >= 0.6 is 16.1 Å². The van der Waals surface area contributed by atoms with Gasteiger partial charge in [0.05, 0.1) is 10.4 Å². The first-order valence-corrected chi connectivity index (χ1v) is 7.87. The summed E-state index contributed by atoms with van der Waals surface area (Å²) in [5, 5.41) is 11.9. The lowest BCUT2D eigenvalue weighted by Gasteiger charge is -2.08. The molecular weight excluding hydrogens is 358 g/mol. The van der Waals surface area contributed by atoms with Crippen molar-refractivity contribution < 1.29 is 4.92 Å². The normalized spacial score (nSPS) is 12.5. The standard InChI is InChI=1S/C9H7N.C8H7BrN2O2/c1-2-6-9-8(4-1)5-3-7-10-9;9-10-5-4-6-2-1-3-7(8(6)10)11(12)13/h1-7H;1-3H,4-5H2. The summed E-state index contributed by atoms with van der Waals surface area (Å²) in [6, 6.07) is 17.3. The number of benzene rings is 2. The van der Waals surface area contributed by atoms with E-state index in [4.69, 9.17) is 0 Å². The van der Waals surface area contributed by atoms with Crippen molar-refractivity contribution in [1.82, 2.24) is 4.98 Å². The van der Waals surface area contributed by atoms with E-state index in [2.05, 4.69) is 33.3 Å². The van der Waals surface area contributed by atoms with Gasteiger partial charge in [0.1, 0.15) is 5.69 Å². The molecule has 2 aromatic carbocycles. The Morgan fingerprint density at radius 2 is 1.87 bits per heavy atom. The van der Waals surface area contributed by atoms with E-state index in [1.807, 2.05) is 36.5 Å². The van der Waals surface area contributed by atoms with Gasteiger partial charge in [-0.2, -0.15) is 0 Å². The van der Waals surface area contributed by atoms with E-state index in [-0.39, 0.29) is 10.6 Å². The Morgan fingerprint density at radius 3 is 2.65 bits per heavy atom. The van der Waals surface area contributed by atoms with Crippen molar-refractivity contribution in [1.29, 1.82) is 0 Å². The van der Waals surface area contributed by atoms with Gasteiger partial charge in [-0.05, 0) is 24.1 Å². The van der Waals surface area contributed by atoms with Crippen LogP contribution < -0.4 is 3.93 Å². The van der Waals surface area contributed by atoms with Gasteiger partial charge in [0.25, 0.3) is 5.69 Å². The van der Waals surface area contributed by atoms with Crippen molar-refractivity contribution in [2.75, 3.05) is 10.5 Å². The minimum atomic E-state index is -0.349. The Morgan fingerprint density at radius 1 is 1.09 bits per heavy atom. The largest absolute Gasteiger partial charge is 0.302 e. The molecule has 0 amide bonds. The number of fused-ring (bicyclic) bond motifs is 2. The maximum Gasteiger partial charge on any atom is 0.293 e. The minimum Gasteiger partial charge on any atom is -0.302 e. The van der Waals surface area contributed by atoms with Crippen molar-refractivity contribution in [3.8, 4) is 0 Å². The van der Waals surface area contributed by atoms with Crippen molar-refractivity contribution in [2.45, 2.75) is 6.42 Å². The lowest BCUT2D eigenvalue weighted by atomic mass is 10.1. The molecule has 1 aliphatic rings. The summed E-state index contributed by atoms with van der Waals surface area (Å²) in [6.45, 7) is 0.792. The van der Waals surface area contributed by atoms with Gasteiger partial charge >= 0.3 is 0 Å². The molecule has 0 aliphatic carbocycles. The molecule has 0 saturated heterocycles. The van der Waals surface area contributed by atoms with Crippen LogP contribution in [0, 0.1) is 10.1 Å². The molecule has 4 rings (SSSR count). The highest BCUT2D eigenvalue weighted by Crippen LogP contribution is 2.38. The number of hydrogen-bond donors (Lipinski definition) is 0. The van der Waals surface area contributed by atoms with Crippen LogP contribution in [0.15, 0.2) is 60.8 Å². The number of rotatable bonds is 1. The van der Waals surface area contributed by atoms with Crippen molar-refractivity contribution in [3.05, 3.63) is 76.5 Å². The van der Waals surface area contributed by atoms with E-state index in [9.17, 15) is 10.1 Å². The zero-order valence-electron chi connectivity index (χ0n) is 12.2. The van der Waals surface area contributed by atoms with Gasteiger partial charge in [0.2, 0.25) is 0 Å². The minimum absolute atomic E-state index is 0.173. The number of nitro groups is 1. The van der Waals surface area contributed by atoms with Gasteiger partial charge in [-0.25, -0.2) is 0 Å². The van der Waals surface area contributed by atoms with E-state index in [1.54, 1.807) is 9.99 Å². The summed E-state index contributed by atoms with van der Waals surface area (Å²) >= 11 is 3.29. The third kappa shape index (κ3) is 3.32. The molecule has 1 aliphatic heterocycles. The highest BCUT2D eigenvalue weighted by Gasteiger charge is 2.26. The van der Waals surface area contributed by atoms with E-state index < -0.39 is 0 Å². The number of nitro benzene ring substituents is 1. The van der Waals surface area contributed by atoms with Crippen LogP contribution in [-0.4, -0.2) is 16.5 Å². The Labute approximate surface area is 142 Å². The van der Waals surface area contributed by atoms with Gasteiger partial charge in [0.15, 0.2) is 0 Å². The predicted molar refractivity (Wildman–Crippen MR) is 94.8 cm³/mol. The van der Waals surface area contributed by atoms with Crippen LogP contribution in [0.5, 0.6) is 0 Å². The molecule has 3 aromatic rings. The summed E-state index contributed by atoms with van der Waals surface area (Å²) in [5.41, 5.74) is 2.97. The van der Waals surface area contributed by atoms with Gasteiger partial charge in [-0.3, -0.25) is 15.1 Å². The molecule has 0 saturated carbocycles. The summed E-state index contributed by atoms with van der Waals surface area (Å²) in [6.07, 6.45) is 2.67. The zero-order chi connectivity index (χ0) is 16.2. The molecule has 5 nitrogen and oxygen atoms in total. The Bertz CT molecular complexity index is 789. The number of pyridine rings is 1. The van der Waals surface area contributed by atoms with Gasteiger partial charge in [-0.1, -0.05) is 36.4 Å². The van der Waals surface area contributed by atoms with Crippen LogP contribution in [0.4, 0.5) is 11.4 Å². The molecule has 0 spiro atoms. The Hall–Kier alpha value is -2.47. The third-order valence-corrected chi connectivity index (χ3v) is 4.34. The molecule has 0 radical (unpaired) electrons. The number of nitrogens with zero attached hydrogens (tertiary/aromatic N) is 3. The molecular formula is C17H14BrN3O2. The smallest absolute Gasteiger partial charge is 0.293 e. The SMILES string of the molecule is O=[N+]([O-])c1cccc2c1N(Br)CC2.c1ccc2ncccc2c1. The predicted octanol–water partition coefficient (Wildman–Crippen LogP) is 4.50. The first-order valence-electron chi connectivity index (χ1n) is 7.16. The Kier molecular flexibility index (Phi) is 4.52. The number of aromatic nitrogens is 1. The van der Waals surface area contributed by atoms with E-state index in [1.165, 1.54) is 11.5 Å². The molecule has 0 unspecified atom stereocenters. The molecule has 23 heavy (non-hydrogen) atoms. The van der Waals surface area contributed by atoms with E-state index in [0.29, 0.717) is 5.69 Å². The first kappa shape index (κ1) is 15.4. The second-order valence-corrected chi connectivity index (χ2v) is 5.93. The van der Waals surface area contributed by atoms with Crippen LogP contribution in [-0.2, 0) is 6.42 Å². The van der Waals surface area contributed by atoms with Crippen LogP contribution in [0.25, 0.3) is 10.9 Å². The molecule has 0 atom stereocenters. The average molecular weight is 372 g/mol. The summed E-state index contributed by atoms with van der Waals surface area (Å²) in [5.74, 6) is 0. The first-order chi connectivity index (χ1) is 11.2. The molecule has 0 bridgehead atoms. The maximum atomic E-state index is 10.7. The number of hydrogen-bond acceptors (Lipinski definition) is 4. The Balaban J connectivity index is 0.000000140. The topological polar surface area (TPSA) is 59.3 Å². The van der Waals surface area contributed by atoms with E-state index in [0.717, 1.165) is 24.0 Å². The molecule has 2 heterocycles. The van der Waals surface area contributed by atoms with E-state index >= 15 is 0 Å². The monoisotopic (exact) mass is 371 g/mol. The zero-order valence-corrected chi connectivity index (χ0v) is 13.8. The lowest BCUT2D eigenvalue weighted by molar-refractivity contribution is -0.384. The highest BCUT2D eigenvalue weighted by atomic mass is 79.9. The molecule has 116 valence electrons. The molecule has 0 fully saturated rings. The molecule has 1 aromatic heterocycles. The number of para-hydroxylation sites is 2. The fourth-order valence-electron chi connectivity index (χ4n) is 2.55. The lowest BCUT2D eigenvalue weighted by Crippen LogP contribution is -2.05. The summed E-state index contributed by atoms with van der Waals surface area (Å²) < 4.78 is 1.75. The van der Waals surface area contributed by atoms with Gasteiger partial charge < -0.3 is 3.93 Å². The van der Waals surface area contributed by atoms with Crippen LogP contribution in [0.2, 0.25) is 0 Å². The van der Waals surface area contributed by atoms with Crippen molar-refractivity contribution >= 4 is 38.4 Å². The second kappa shape index (κ2) is 6.75. The van der Waals surface area contributed by atoms with Crippen molar-refractivity contribution in [3.63, 3.8) is 0 Å². The summed E-state index contributed by atoms with van der Waals surface area (Å²) in [7, 11) is 0. The van der Waals surface area contributed by atoms with Gasteiger partial charge in [-0.15, -0.1) is 0 Å².